The summed E-state index contributed by atoms with van der Waals surface area (Å²) in [6.07, 6.45) is 2.11. The fourth-order valence-electron chi connectivity index (χ4n) is 5.04. The highest BCUT2D eigenvalue weighted by atomic mass is 15.1. The van der Waals surface area contributed by atoms with Crippen LogP contribution in [-0.4, -0.2) is 9.13 Å². The predicted octanol–water partition coefficient (Wildman–Crippen LogP) is 5.56. The lowest BCUT2D eigenvalue weighted by molar-refractivity contribution is -0.665. The van der Waals surface area contributed by atoms with Crippen molar-refractivity contribution in [2.45, 2.75) is 6.92 Å². The van der Waals surface area contributed by atoms with Gasteiger partial charge in [0, 0.05) is 45.7 Å². The molecule has 0 atom stereocenters. The van der Waals surface area contributed by atoms with Crippen LogP contribution in [0.25, 0.3) is 49.4 Å². The van der Waals surface area contributed by atoms with Crippen molar-refractivity contribution in [1.82, 2.24) is 9.13 Å². The third kappa shape index (κ3) is 2.05. The highest BCUT2D eigenvalue weighted by Crippen LogP contribution is 2.40. The van der Waals surface area contributed by atoms with E-state index in [9.17, 15) is 0 Å². The molecule has 0 amide bonds. The lowest BCUT2D eigenvalue weighted by Gasteiger charge is -2.07. The lowest BCUT2D eigenvalue weighted by atomic mass is 10.0. The summed E-state index contributed by atoms with van der Waals surface area (Å²) in [4.78, 5) is 0. The molecule has 3 aromatic carbocycles. The zero-order chi connectivity index (χ0) is 19.7. The van der Waals surface area contributed by atoms with Gasteiger partial charge >= 0.3 is 0 Å². The number of aromatic nitrogens is 3. The quantitative estimate of drug-likeness (QED) is 0.333. The molecule has 0 radical (unpaired) electrons. The van der Waals surface area contributed by atoms with E-state index in [-0.39, 0.29) is 0 Å². The van der Waals surface area contributed by atoms with Crippen molar-refractivity contribution in [2.24, 2.45) is 14.1 Å². The first-order valence-electron chi connectivity index (χ1n) is 10.0. The van der Waals surface area contributed by atoms with Crippen molar-refractivity contribution in [1.29, 1.82) is 0 Å². The van der Waals surface area contributed by atoms with E-state index in [1.54, 1.807) is 0 Å². The van der Waals surface area contributed by atoms with Crippen LogP contribution in [0.3, 0.4) is 0 Å². The third-order valence-electron chi connectivity index (χ3n) is 6.32. The minimum atomic E-state index is 1.17. The van der Waals surface area contributed by atoms with Gasteiger partial charge in [0.2, 0.25) is 0 Å². The maximum absolute atomic E-state index is 2.41. The maximum Gasteiger partial charge on any atom is 0.286 e. The maximum atomic E-state index is 2.41. The van der Waals surface area contributed by atoms with Crippen LogP contribution in [0, 0.1) is 6.92 Å². The van der Waals surface area contributed by atoms with E-state index in [1.807, 2.05) is 0 Å². The minimum Gasteiger partial charge on any atom is -0.343 e. The molecule has 0 spiro atoms. The molecule has 140 valence electrons. The van der Waals surface area contributed by atoms with Crippen LogP contribution in [0.1, 0.15) is 5.56 Å². The molecule has 6 rings (SSSR count). The van der Waals surface area contributed by atoms with Crippen molar-refractivity contribution >= 4 is 43.6 Å². The summed E-state index contributed by atoms with van der Waals surface area (Å²) in [5, 5.41) is 5.25. The normalized spacial score (nSPS) is 12.0. The molecule has 6 aromatic rings. The van der Waals surface area contributed by atoms with E-state index >= 15 is 0 Å². The highest BCUT2D eigenvalue weighted by molar-refractivity contribution is 6.20. The van der Waals surface area contributed by atoms with Gasteiger partial charge in [-0.2, -0.15) is 4.57 Å². The Kier molecular flexibility index (Phi) is 3.22. The largest absolute Gasteiger partial charge is 0.343 e. The second-order valence-electron chi connectivity index (χ2n) is 7.89. The molecule has 0 aliphatic rings. The second kappa shape index (κ2) is 5.71. The van der Waals surface area contributed by atoms with Gasteiger partial charge in [0.15, 0.2) is 0 Å². The van der Waals surface area contributed by atoms with Crippen LogP contribution in [0.5, 0.6) is 0 Å². The van der Waals surface area contributed by atoms with E-state index in [2.05, 4.69) is 114 Å². The minimum absolute atomic E-state index is 1.17. The smallest absolute Gasteiger partial charge is 0.286 e. The summed E-state index contributed by atoms with van der Waals surface area (Å²) in [5.74, 6) is 1.17. The van der Waals surface area contributed by atoms with Gasteiger partial charge in [-0.05, 0) is 37.3 Å². The van der Waals surface area contributed by atoms with Crippen LogP contribution < -0.4 is 4.57 Å². The standard InChI is InChI=1S/C26H22N3/c1-17-25-20(18-10-4-6-12-22(18)28(25)3)16-21-19-11-5-7-13-23(19)29(26(17)21)24-14-8-9-15-27(24)2/h4-16H,1-3H3/q+1. The Labute approximate surface area is 169 Å². The van der Waals surface area contributed by atoms with Crippen molar-refractivity contribution in [3.8, 4) is 5.82 Å². The molecular weight excluding hydrogens is 354 g/mol. The average Bonchev–Trinajstić information content (AvgIpc) is 3.23. The molecule has 3 heterocycles. The van der Waals surface area contributed by atoms with Gasteiger partial charge in [-0.15, -0.1) is 0 Å². The highest BCUT2D eigenvalue weighted by Gasteiger charge is 2.24. The molecule has 0 saturated heterocycles. The molecule has 0 aliphatic heterocycles. The number of hydrogen-bond acceptors (Lipinski definition) is 0. The Bertz CT molecular complexity index is 1580. The summed E-state index contributed by atoms with van der Waals surface area (Å²) >= 11 is 0. The van der Waals surface area contributed by atoms with Crippen molar-refractivity contribution in [2.75, 3.05) is 0 Å². The summed E-state index contributed by atoms with van der Waals surface area (Å²) < 4.78 is 6.94. The molecule has 0 N–H and O–H groups in total. The first-order valence-corrected chi connectivity index (χ1v) is 10.0. The van der Waals surface area contributed by atoms with Crippen molar-refractivity contribution in [3.05, 3.63) is 84.6 Å². The first kappa shape index (κ1) is 16.4. The van der Waals surface area contributed by atoms with Gasteiger partial charge < -0.3 is 4.57 Å². The van der Waals surface area contributed by atoms with Crippen LogP contribution in [0.4, 0.5) is 0 Å². The average molecular weight is 376 g/mol. The van der Waals surface area contributed by atoms with E-state index in [4.69, 9.17) is 0 Å². The number of hydrogen-bond donors (Lipinski definition) is 0. The first-order chi connectivity index (χ1) is 14.2. The predicted molar refractivity (Wildman–Crippen MR) is 121 cm³/mol. The van der Waals surface area contributed by atoms with E-state index in [0.29, 0.717) is 0 Å². The zero-order valence-corrected chi connectivity index (χ0v) is 16.8. The number of pyridine rings is 1. The molecule has 29 heavy (non-hydrogen) atoms. The van der Waals surface area contributed by atoms with E-state index in [0.717, 1.165) is 0 Å². The number of para-hydroxylation sites is 2. The Balaban J connectivity index is 1.92. The Morgan fingerprint density at radius 1 is 0.690 bits per heavy atom. The molecule has 3 aromatic heterocycles. The van der Waals surface area contributed by atoms with E-state index in [1.165, 1.54) is 55.0 Å². The van der Waals surface area contributed by atoms with Crippen LogP contribution in [0.15, 0.2) is 79.0 Å². The van der Waals surface area contributed by atoms with Gasteiger partial charge in [-0.3, -0.25) is 0 Å². The molecular formula is C26H22N3+. The van der Waals surface area contributed by atoms with Crippen molar-refractivity contribution in [3.63, 3.8) is 0 Å². The Morgan fingerprint density at radius 3 is 2.07 bits per heavy atom. The van der Waals surface area contributed by atoms with E-state index < -0.39 is 0 Å². The summed E-state index contributed by atoms with van der Waals surface area (Å²) in [6, 6.07) is 26.2. The van der Waals surface area contributed by atoms with Crippen LogP contribution in [-0.2, 0) is 14.1 Å². The third-order valence-corrected chi connectivity index (χ3v) is 6.32. The number of aryl methyl sites for hydroxylation is 3. The molecule has 0 aliphatic carbocycles. The zero-order valence-electron chi connectivity index (χ0n) is 16.8. The van der Waals surface area contributed by atoms with Crippen LogP contribution >= 0.6 is 0 Å². The lowest BCUT2D eigenvalue weighted by Crippen LogP contribution is -2.33. The fraction of sp³-hybridized carbons (Fsp3) is 0.115. The summed E-state index contributed by atoms with van der Waals surface area (Å²) in [7, 11) is 4.29. The van der Waals surface area contributed by atoms with Gasteiger partial charge in [-0.1, -0.05) is 36.4 Å². The fourth-order valence-corrected chi connectivity index (χ4v) is 5.04. The van der Waals surface area contributed by atoms with Gasteiger partial charge in [0.05, 0.1) is 18.8 Å². The molecule has 3 heteroatoms. The van der Waals surface area contributed by atoms with Gasteiger partial charge in [0.1, 0.15) is 11.0 Å². The topological polar surface area (TPSA) is 13.7 Å². The molecule has 0 unspecified atom stereocenters. The SMILES string of the molecule is Cc1c2c(cc3c4ccccc4n(-c4cccc[n+]4C)c13)c1ccccc1n2C. The molecule has 0 fully saturated rings. The van der Waals surface area contributed by atoms with Gasteiger partial charge in [-0.25, -0.2) is 4.57 Å². The van der Waals surface area contributed by atoms with Gasteiger partial charge in [0.25, 0.3) is 5.82 Å². The Hall–Kier alpha value is -3.59. The van der Waals surface area contributed by atoms with Crippen LogP contribution in [0.2, 0.25) is 0 Å². The molecule has 0 saturated carbocycles. The number of fused-ring (bicyclic) bond motifs is 6. The number of benzene rings is 3. The van der Waals surface area contributed by atoms with Crippen molar-refractivity contribution < 1.29 is 4.57 Å². The second-order valence-corrected chi connectivity index (χ2v) is 7.89. The number of nitrogens with zero attached hydrogens (tertiary/aromatic N) is 3. The Morgan fingerprint density at radius 2 is 1.31 bits per heavy atom. The monoisotopic (exact) mass is 376 g/mol. The molecule has 0 bridgehead atoms. The summed E-state index contributed by atoms with van der Waals surface area (Å²) in [5.41, 5.74) is 6.43. The number of rotatable bonds is 1. The molecule has 3 nitrogen and oxygen atoms in total. The summed E-state index contributed by atoms with van der Waals surface area (Å²) in [6.45, 7) is 2.27.